The summed E-state index contributed by atoms with van der Waals surface area (Å²) in [5, 5.41) is 6.91. The summed E-state index contributed by atoms with van der Waals surface area (Å²) in [6.07, 6.45) is 3.41. The molecule has 1 aromatic heterocycles. The van der Waals surface area contributed by atoms with E-state index in [9.17, 15) is 9.59 Å². The minimum absolute atomic E-state index is 0.160. The standard InChI is InChI=1S/C21H21N3O5/c1-12-8-16(23-29-12)24-11-21-7-6-15(28-21)17(18(21)20(24)26)19(25)22-10-13-4-3-5-14(9-13)27-2/h3-9,15,17-18H,10-11H2,1-2H3,(H,22,25)/t15-,17?,18?,21-/m1/s1. The normalized spacial score (nSPS) is 29.4. The van der Waals surface area contributed by atoms with Crippen molar-refractivity contribution >= 4 is 17.6 Å². The highest BCUT2D eigenvalue weighted by molar-refractivity contribution is 6.02. The molecular weight excluding hydrogens is 374 g/mol. The van der Waals surface area contributed by atoms with Crippen LogP contribution in [0.1, 0.15) is 11.3 Å². The predicted molar refractivity (Wildman–Crippen MR) is 102 cm³/mol. The molecule has 5 rings (SSSR count). The second kappa shape index (κ2) is 6.45. The van der Waals surface area contributed by atoms with Gasteiger partial charge in [-0.1, -0.05) is 29.4 Å². The number of rotatable bonds is 5. The number of carbonyl (C=O) groups is 2. The molecule has 4 heterocycles. The molecular formula is C21H21N3O5. The molecule has 3 aliphatic rings. The van der Waals surface area contributed by atoms with E-state index in [-0.39, 0.29) is 11.8 Å². The molecule has 0 saturated carbocycles. The van der Waals surface area contributed by atoms with Crippen LogP contribution in [0.3, 0.4) is 0 Å². The van der Waals surface area contributed by atoms with Gasteiger partial charge in [-0.05, 0) is 24.6 Å². The number of carbonyl (C=O) groups excluding carboxylic acids is 2. The molecule has 2 unspecified atom stereocenters. The Kier molecular flexibility index (Phi) is 3.99. The van der Waals surface area contributed by atoms with Crippen LogP contribution in [0, 0.1) is 18.8 Å². The van der Waals surface area contributed by atoms with Crippen LogP contribution in [0.2, 0.25) is 0 Å². The fourth-order valence-corrected chi connectivity index (χ4v) is 4.56. The van der Waals surface area contributed by atoms with Gasteiger partial charge < -0.3 is 19.3 Å². The molecule has 2 bridgehead atoms. The lowest BCUT2D eigenvalue weighted by atomic mass is 9.77. The lowest BCUT2D eigenvalue weighted by Crippen LogP contribution is -2.44. The fraction of sp³-hybridized carbons (Fsp3) is 0.381. The van der Waals surface area contributed by atoms with Gasteiger partial charge in [0.05, 0.1) is 31.6 Å². The van der Waals surface area contributed by atoms with Crippen molar-refractivity contribution in [2.75, 3.05) is 18.6 Å². The quantitative estimate of drug-likeness (QED) is 0.773. The van der Waals surface area contributed by atoms with Gasteiger partial charge in [-0.15, -0.1) is 0 Å². The number of nitrogens with zero attached hydrogens (tertiary/aromatic N) is 2. The van der Waals surface area contributed by atoms with Gasteiger partial charge in [0, 0.05) is 12.6 Å². The fourth-order valence-electron chi connectivity index (χ4n) is 4.56. The monoisotopic (exact) mass is 395 g/mol. The zero-order valence-electron chi connectivity index (χ0n) is 16.1. The molecule has 29 heavy (non-hydrogen) atoms. The highest BCUT2D eigenvalue weighted by atomic mass is 16.5. The summed E-state index contributed by atoms with van der Waals surface area (Å²) in [4.78, 5) is 27.8. The van der Waals surface area contributed by atoms with Gasteiger partial charge in [-0.25, -0.2) is 0 Å². The Morgan fingerprint density at radius 2 is 2.28 bits per heavy atom. The number of ether oxygens (including phenoxy) is 2. The largest absolute Gasteiger partial charge is 0.497 e. The van der Waals surface area contributed by atoms with Crippen LogP contribution in [-0.2, 0) is 20.9 Å². The molecule has 1 spiro atoms. The minimum Gasteiger partial charge on any atom is -0.497 e. The van der Waals surface area contributed by atoms with Gasteiger partial charge in [0.25, 0.3) is 0 Å². The number of hydrogen-bond acceptors (Lipinski definition) is 6. The Labute approximate surface area is 167 Å². The zero-order valence-corrected chi connectivity index (χ0v) is 16.1. The third kappa shape index (κ3) is 2.74. The number of aromatic nitrogens is 1. The van der Waals surface area contributed by atoms with Crippen LogP contribution in [0.15, 0.2) is 47.0 Å². The summed E-state index contributed by atoms with van der Waals surface area (Å²) in [5.41, 5.74) is 0.136. The number of fused-ring (bicyclic) bond motifs is 1. The van der Waals surface area contributed by atoms with Crippen LogP contribution < -0.4 is 15.0 Å². The molecule has 2 aromatic rings. The topological polar surface area (TPSA) is 93.9 Å². The van der Waals surface area contributed by atoms with E-state index in [1.807, 2.05) is 36.4 Å². The van der Waals surface area contributed by atoms with E-state index in [0.717, 1.165) is 11.3 Å². The maximum atomic E-state index is 13.2. The number of nitrogens with one attached hydrogen (secondary N) is 1. The molecule has 2 amide bonds. The third-order valence-corrected chi connectivity index (χ3v) is 5.90. The smallest absolute Gasteiger partial charge is 0.235 e. The van der Waals surface area contributed by atoms with Gasteiger partial charge in [0.2, 0.25) is 11.8 Å². The molecule has 1 aromatic carbocycles. The summed E-state index contributed by atoms with van der Waals surface area (Å²) < 4.78 is 16.5. The summed E-state index contributed by atoms with van der Waals surface area (Å²) in [5.74, 6) is 0.303. The van der Waals surface area contributed by atoms with Gasteiger partial charge in [-0.3, -0.25) is 14.5 Å². The lowest BCUT2D eigenvalue weighted by molar-refractivity contribution is -0.132. The van der Waals surface area contributed by atoms with Crippen LogP contribution in [0.25, 0.3) is 0 Å². The molecule has 8 nitrogen and oxygen atoms in total. The van der Waals surface area contributed by atoms with Crippen molar-refractivity contribution in [2.45, 2.75) is 25.2 Å². The maximum Gasteiger partial charge on any atom is 0.235 e. The van der Waals surface area contributed by atoms with Crippen molar-refractivity contribution in [2.24, 2.45) is 11.8 Å². The van der Waals surface area contributed by atoms with Crippen molar-refractivity contribution < 1.29 is 23.6 Å². The SMILES string of the molecule is COc1cccc(CNC(=O)C2C3C(=O)N(c4cc(C)on4)C[C@]34C=C[C@H]2O4)c1. The molecule has 4 atom stereocenters. The van der Waals surface area contributed by atoms with Crippen molar-refractivity contribution in [1.29, 1.82) is 0 Å². The van der Waals surface area contributed by atoms with E-state index in [2.05, 4.69) is 10.5 Å². The van der Waals surface area contributed by atoms with E-state index in [4.69, 9.17) is 14.0 Å². The second-order valence-electron chi connectivity index (χ2n) is 7.69. The van der Waals surface area contributed by atoms with Crippen molar-refractivity contribution in [3.63, 3.8) is 0 Å². The van der Waals surface area contributed by atoms with E-state index in [1.54, 1.807) is 25.0 Å². The minimum atomic E-state index is -0.785. The summed E-state index contributed by atoms with van der Waals surface area (Å²) in [7, 11) is 1.60. The number of hydrogen-bond donors (Lipinski definition) is 1. The van der Waals surface area contributed by atoms with E-state index < -0.39 is 23.5 Å². The number of amides is 2. The summed E-state index contributed by atoms with van der Waals surface area (Å²) >= 11 is 0. The molecule has 2 fully saturated rings. The first-order chi connectivity index (χ1) is 14.0. The lowest BCUT2D eigenvalue weighted by Gasteiger charge is -2.23. The van der Waals surface area contributed by atoms with Crippen molar-refractivity contribution in [1.82, 2.24) is 10.5 Å². The van der Waals surface area contributed by atoms with E-state index in [1.165, 1.54) is 0 Å². The van der Waals surface area contributed by atoms with Gasteiger partial charge in [-0.2, -0.15) is 0 Å². The van der Waals surface area contributed by atoms with Crippen LogP contribution in [-0.4, -0.2) is 42.3 Å². The highest BCUT2D eigenvalue weighted by Crippen LogP contribution is 2.52. The number of methoxy groups -OCH3 is 1. The molecule has 8 heteroatoms. The van der Waals surface area contributed by atoms with E-state index in [0.29, 0.717) is 24.7 Å². The molecule has 0 radical (unpaired) electrons. The molecule has 150 valence electrons. The van der Waals surface area contributed by atoms with Crippen LogP contribution >= 0.6 is 0 Å². The first-order valence-electron chi connectivity index (χ1n) is 9.53. The number of anilines is 1. The van der Waals surface area contributed by atoms with Crippen LogP contribution in [0.5, 0.6) is 5.75 Å². The molecule has 3 aliphatic heterocycles. The Balaban J connectivity index is 1.35. The summed E-state index contributed by atoms with van der Waals surface area (Å²) in [6, 6.07) is 9.22. The zero-order chi connectivity index (χ0) is 20.2. The number of aryl methyl sites for hydroxylation is 1. The highest BCUT2D eigenvalue weighted by Gasteiger charge is 2.67. The van der Waals surface area contributed by atoms with Crippen LogP contribution in [0.4, 0.5) is 5.82 Å². The van der Waals surface area contributed by atoms with Gasteiger partial charge in [0.15, 0.2) is 5.82 Å². The first kappa shape index (κ1) is 17.9. The van der Waals surface area contributed by atoms with Gasteiger partial charge in [0.1, 0.15) is 17.1 Å². The molecule has 1 N–H and O–H groups in total. The average molecular weight is 395 g/mol. The maximum absolute atomic E-state index is 13.2. The van der Waals surface area contributed by atoms with Crippen molar-refractivity contribution in [3.8, 4) is 5.75 Å². The first-order valence-corrected chi connectivity index (χ1v) is 9.53. The molecule has 2 saturated heterocycles. The Morgan fingerprint density at radius 3 is 3.03 bits per heavy atom. The van der Waals surface area contributed by atoms with Gasteiger partial charge >= 0.3 is 0 Å². The van der Waals surface area contributed by atoms with E-state index >= 15 is 0 Å². The Bertz CT molecular complexity index is 1020. The predicted octanol–water partition coefficient (Wildman–Crippen LogP) is 1.59. The number of benzene rings is 1. The average Bonchev–Trinajstić information content (AvgIpc) is 3.47. The second-order valence-corrected chi connectivity index (χ2v) is 7.69. The Hall–Kier alpha value is -3.13. The summed E-state index contributed by atoms with van der Waals surface area (Å²) in [6.45, 7) is 2.45. The third-order valence-electron chi connectivity index (χ3n) is 5.90. The molecule has 0 aliphatic carbocycles. The van der Waals surface area contributed by atoms with Crippen molar-refractivity contribution in [3.05, 3.63) is 53.8 Å². The Morgan fingerprint density at radius 1 is 1.41 bits per heavy atom.